The number of amides is 1. The Bertz CT molecular complexity index is 210. The summed E-state index contributed by atoms with van der Waals surface area (Å²) in [5.74, 6) is 0.0504. The van der Waals surface area contributed by atoms with E-state index in [1.54, 1.807) is 0 Å². The van der Waals surface area contributed by atoms with Gasteiger partial charge in [-0.05, 0) is 19.8 Å². The van der Waals surface area contributed by atoms with Gasteiger partial charge in [0.25, 0.3) is 5.91 Å². The van der Waals surface area contributed by atoms with E-state index in [9.17, 15) is 4.79 Å². The fraction of sp³-hybridized carbons (Fsp3) is 0.909. The number of nitrogens with zero attached hydrogens (tertiary/aromatic N) is 1. The minimum Gasteiger partial charge on any atom is -0.370 e. The number of ether oxygens (including phenoxy) is 1. The van der Waals surface area contributed by atoms with Crippen molar-refractivity contribution < 1.29 is 9.53 Å². The van der Waals surface area contributed by atoms with Crippen LogP contribution in [-0.2, 0) is 9.53 Å². The lowest BCUT2D eigenvalue weighted by Crippen LogP contribution is -2.47. The summed E-state index contributed by atoms with van der Waals surface area (Å²) in [6, 6.07) is 0.323. The summed E-state index contributed by atoms with van der Waals surface area (Å²) in [4.78, 5) is 14.0. The molecule has 1 heterocycles. The molecule has 1 aliphatic heterocycles. The second-order valence-electron chi connectivity index (χ2n) is 4.19. The summed E-state index contributed by atoms with van der Waals surface area (Å²) in [6.07, 6.45) is 4.15. The largest absolute Gasteiger partial charge is 0.370 e. The van der Waals surface area contributed by atoms with Gasteiger partial charge < -0.3 is 15.4 Å². The van der Waals surface area contributed by atoms with E-state index in [0.29, 0.717) is 6.04 Å². The van der Waals surface area contributed by atoms with E-state index in [2.05, 4.69) is 6.92 Å². The van der Waals surface area contributed by atoms with Crippen molar-refractivity contribution in [1.82, 2.24) is 4.90 Å². The Kier molecular flexibility index (Phi) is 7.72. The zero-order valence-corrected chi connectivity index (χ0v) is 11.0. The molecular formula is C11H23ClN2O2. The number of likely N-dealkylation sites (tertiary alicyclic amines) is 1. The zero-order valence-electron chi connectivity index (χ0n) is 10.1. The van der Waals surface area contributed by atoms with Crippen molar-refractivity contribution in [3.05, 3.63) is 0 Å². The third kappa shape index (κ3) is 3.92. The molecule has 1 amide bonds. The summed E-state index contributed by atoms with van der Waals surface area (Å²) >= 11 is 0. The summed E-state index contributed by atoms with van der Waals surface area (Å²) in [5, 5.41) is 0. The Morgan fingerprint density at radius 3 is 2.75 bits per heavy atom. The van der Waals surface area contributed by atoms with E-state index in [0.717, 1.165) is 19.4 Å². The molecule has 0 aromatic carbocycles. The van der Waals surface area contributed by atoms with Gasteiger partial charge in [-0.25, -0.2) is 0 Å². The number of methoxy groups -OCH3 is 1. The standard InChI is InChI=1S/C11H22N2O2.ClH/c1-9-6-4-3-5-7-13(9)11(14)10(8-12)15-2;/h9-10H,3-8,12H2,1-2H3;1H. The molecule has 96 valence electrons. The first-order valence-electron chi connectivity index (χ1n) is 5.74. The van der Waals surface area contributed by atoms with E-state index < -0.39 is 6.10 Å². The molecule has 2 unspecified atom stereocenters. The first kappa shape index (κ1) is 15.7. The van der Waals surface area contributed by atoms with E-state index >= 15 is 0 Å². The smallest absolute Gasteiger partial charge is 0.253 e. The van der Waals surface area contributed by atoms with Crippen molar-refractivity contribution in [2.45, 2.75) is 44.8 Å². The molecule has 1 fully saturated rings. The Labute approximate surface area is 104 Å². The van der Waals surface area contributed by atoms with Crippen molar-refractivity contribution in [3.8, 4) is 0 Å². The van der Waals surface area contributed by atoms with Crippen molar-refractivity contribution in [1.29, 1.82) is 0 Å². The molecule has 16 heavy (non-hydrogen) atoms. The molecule has 1 aliphatic rings. The van der Waals surface area contributed by atoms with Crippen LogP contribution in [0.3, 0.4) is 0 Å². The second-order valence-corrected chi connectivity index (χ2v) is 4.19. The molecular weight excluding hydrogens is 228 g/mol. The number of carbonyl (C=O) groups is 1. The first-order chi connectivity index (χ1) is 7.20. The van der Waals surface area contributed by atoms with Crippen LogP contribution in [0.2, 0.25) is 0 Å². The Hall–Kier alpha value is -0.320. The van der Waals surface area contributed by atoms with Gasteiger partial charge in [-0.1, -0.05) is 12.8 Å². The van der Waals surface area contributed by atoms with Crippen molar-refractivity contribution in [3.63, 3.8) is 0 Å². The molecule has 1 rings (SSSR count). The number of hydrogen-bond acceptors (Lipinski definition) is 3. The Morgan fingerprint density at radius 2 is 2.19 bits per heavy atom. The number of carbonyl (C=O) groups excluding carboxylic acids is 1. The van der Waals surface area contributed by atoms with Crippen LogP contribution in [0.5, 0.6) is 0 Å². The van der Waals surface area contributed by atoms with Gasteiger partial charge in [0.05, 0.1) is 0 Å². The van der Waals surface area contributed by atoms with Gasteiger partial charge in [0, 0.05) is 26.2 Å². The fourth-order valence-electron chi connectivity index (χ4n) is 2.09. The summed E-state index contributed by atoms with van der Waals surface area (Å²) in [5.41, 5.74) is 5.50. The van der Waals surface area contributed by atoms with E-state index in [1.807, 2.05) is 4.90 Å². The second kappa shape index (κ2) is 7.87. The van der Waals surface area contributed by atoms with Gasteiger partial charge in [-0.3, -0.25) is 4.79 Å². The molecule has 0 saturated carbocycles. The number of rotatable bonds is 3. The van der Waals surface area contributed by atoms with Crippen molar-refractivity contribution >= 4 is 18.3 Å². The van der Waals surface area contributed by atoms with E-state index in [1.165, 1.54) is 20.0 Å². The predicted octanol–water partition coefficient (Wildman–Crippen LogP) is 1.17. The predicted molar refractivity (Wildman–Crippen MR) is 66.7 cm³/mol. The Morgan fingerprint density at radius 1 is 1.50 bits per heavy atom. The van der Waals surface area contributed by atoms with Crippen LogP contribution in [0, 0.1) is 0 Å². The lowest BCUT2D eigenvalue weighted by Gasteiger charge is -2.30. The van der Waals surface area contributed by atoms with Gasteiger partial charge in [-0.15, -0.1) is 12.4 Å². The highest BCUT2D eigenvalue weighted by molar-refractivity contribution is 5.85. The SMILES string of the molecule is COC(CN)C(=O)N1CCCCCC1C.Cl. The van der Waals surface area contributed by atoms with Crippen LogP contribution >= 0.6 is 12.4 Å². The molecule has 1 saturated heterocycles. The maximum Gasteiger partial charge on any atom is 0.253 e. The zero-order chi connectivity index (χ0) is 11.3. The lowest BCUT2D eigenvalue weighted by atomic mass is 10.1. The van der Waals surface area contributed by atoms with Gasteiger partial charge in [0.2, 0.25) is 0 Å². The minimum atomic E-state index is -0.467. The fourth-order valence-corrected chi connectivity index (χ4v) is 2.09. The molecule has 0 aromatic heterocycles. The molecule has 2 N–H and O–H groups in total. The molecule has 0 radical (unpaired) electrons. The van der Waals surface area contributed by atoms with E-state index in [-0.39, 0.29) is 24.9 Å². The van der Waals surface area contributed by atoms with Crippen molar-refractivity contribution in [2.24, 2.45) is 5.73 Å². The lowest BCUT2D eigenvalue weighted by molar-refractivity contribution is -0.143. The highest BCUT2D eigenvalue weighted by Gasteiger charge is 2.27. The van der Waals surface area contributed by atoms with Gasteiger partial charge in [-0.2, -0.15) is 0 Å². The Balaban J connectivity index is 0.00000225. The summed E-state index contributed by atoms with van der Waals surface area (Å²) < 4.78 is 5.09. The highest BCUT2D eigenvalue weighted by atomic mass is 35.5. The molecule has 2 atom stereocenters. The van der Waals surface area contributed by atoms with Crippen LogP contribution in [-0.4, -0.2) is 43.2 Å². The molecule has 5 heteroatoms. The van der Waals surface area contributed by atoms with E-state index in [4.69, 9.17) is 10.5 Å². The van der Waals surface area contributed by atoms with Crippen molar-refractivity contribution in [2.75, 3.05) is 20.2 Å². The molecule has 0 bridgehead atoms. The molecule has 0 aromatic rings. The van der Waals surface area contributed by atoms with Gasteiger partial charge in [0.1, 0.15) is 6.10 Å². The summed E-state index contributed by atoms with van der Waals surface area (Å²) in [6.45, 7) is 3.21. The van der Waals surface area contributed by atoms with Crippen LogP contribution in [0.25, 0.3) is 0 Å². The molecule has 0 aliphatic carbocycles. The minimum absolute atomic E-state index is 0. The number of hydrogen-bond donors (Lipinski definition) is 1. The number of halogens is 1. The molecule has 0 spiro atoms. The number of nitrogens with two attached hydrogens (primary N) is 1. The van der Waals surface area contributed by atoms with Gasteiger partial charge in [0.15, 0.2) is 0 Å². The average molecular weight is 251 g/mol. The molecule has 4 nitrogen and oxygen atoms in total. The van der Waals surface area contributed by atoms with Crippen LogP contribution in [0.4, 0.5) is 0 Å². The first-order valence-corrected chi connectivity index (χ1v) is 5.74. The average Bonchev–Trinajstić information content (AvgIpc) is 2.44. The van der Waals surface area contributed by atoms with Crippen LogP contribution in [0.15, 0.2) is 0 Å². The monoisotopic (exact) mass is 250 g/mol. The third-order valence-corrected chi connectivity index (χ3v) is 3.11. The van der Waals surface area contributed by atoms with Crippen LogP contribution in [0.1, 0.15) is 32.6 Å². The maximum atomic E-state index is 12.0. The maximum absolute atomic E-state index is 12.0. The quantitative estimate of drug-likeness (QED) is 0.818. The highest BCUT2D eigenvalue weighted by Crippen LogP contribution is 2.17. The van der Waals surface area contributed by atoms with Gasteiger partial charge >= 0.3 is 0 Å². The normalized spacial score (nSPS) is 23.2. The third-order valence-electron chi connectivity index (χ3n) is 3.11. The van der Waals surface area contributed by atoms with Crippen LogP contribution < -0.4 is 5.73 Å². The summed E-state index contributed by atoms with van der Waals surface area (Å²) in [7, 11) is 1.54. The topological polar surface area (TPSA) is 55.6 Å².